The Labute approximate surface area is 183 Å². The van der Waals surface area contributed by atoms with Gasteiger partial charge in [-0.1, -0.05) is 6.07 Å². The van der Waals surface area contributed by atoms with E-state index in [-0.39, 0.29) is 11.9 Å². The quantitative estimate of drug-likeness (QED) is 0.299. The second kappa shape index (κ2) is 9.68. The van der Waals surface area contributed by atoms with Crippen LogP contribution in [0.4, 0.5) is 18.9 Å². The third-order valence-electron chi connectivity index (χ3n) is 4.45. The molecular formula is C18H17ClF3N5O5. The molecule has 172 valence electrons. The summed E-state index contributed by atoms with van der Waals surface area (Å²) in [4.78, 5) is 38.3. The number of guanidine groups is 1. The average Bonchev–Trinajstić information content (AvgIpc) is 3.21. The molecular weight excluding hydrogens is 459 g/mol. The number of carboxylic acid groups (broad SMARTS) is 2. The van der Waals surface area contributed by atoms with Crippen molar-refractivity contribution in [2.75, 3.05) is 11.0 Å². The minimum atomic E-state index is -5.08. The van der Waals surface area contributed by atoms with Crippen molar-refractivity contribution < 1.29 is 37.8 Å². The molecule has 0 aliphatic carbocycles. The van der Waals surface area contributed by atoms with Gasteiger partial charge in [-0.25, -0.2) is 14.0 Å². The van der Waals surface area contributed by atoms with Crippen molar-refractivity contribution in [2.45, 2.75) is 25.1 Å². The zero-order valence-electron chi connectivity index (χ0n) is 16.1. The van der Waals surface area contributed by atoms with Crippen LogP contribution in [0.1, 0.15) is 23.2 Å². The van der Waals surface area contributed by atoms with Gasteiger partial charge >= 0.3 is 18.1 Å². The number of aliphatic carboxylic acids is 2. The third kappa shape index (κ3) is 5.55. The van der Waals surface area contributed by atoms with E-state index in [0.717, 1.165) is 4.42 Å². The average molecular weight is 476 g/mol. The van der Waals surface area contributed by atoms with Crippen LogP contribution >= 0.6 is 11.8 Å². The van der Waals surface area contributed by atoms with E-state index in [1.54, 1.807) is 24.4 Å². The van der Waals surface area contributed by atoms with E-state index in [1.165, 1.54) is 11.1 Å². The molecule has 0 bridgehead atoms. The fourth-order valence-electron chi connectivity index (χ4n) is 3.01. The topological polar surface area (TPSA) is 161 Å². The predicted molar refractivity (Wildman–Crippen MR) is 107 cm³/mol. The number of hydrogen-bond donors (Lipinski definition) is 4. The van der Waals surface area contributed by atoms with Gasteiger partial charge in [-0.15, -0.1) is 0 Å². The summed E-state index contributed by atoms with van der Waals surface area (Å²) >= 11 is 5.98. The summed E-state index contributed by atoms with van der Waals surface area (Å²) in [5.41, 5.74) is 6.20. The zero-order chi connectivity index (χ0) is 24.2. The Kier molecular flexibility index (Phi) is 7.46. The van der Waals surface area contributed by atoms with Crippen LogP contribution in [0.15, 0.2) is 30.6 Å². The number of nitrogens with one attached hydrogen (secondary N) is 1. The van der Waals surface area contributed by atoms with Crippen molar-refractivity contribution in [1.82, 2.24) is 9.88 Å². The van der Waals surface area contributed by atoms with Gasteiger partial charge in [-0.2, -0.15) is 13.2 Å². The van der Waals surface area contributed by atoms with Gasteiger partial charge in [0.1, 0.15) is 6.04 Å². The lowest BCUT2D eigenvalue weighted by Gasteiger charge is -2.22. The largest absolute Gasteiger partial charge is 0.490 e. The first kappa shape index (κ1) is 24.7. The highest BCUT2D eigenvalue weighted by Crippen LogP contribution is 2.29. The molecule has 1 aliphatic heterocycles. The summed E-state index contributed by atoms with van der Waals surface area (Å²) < 4.78 is 32.7. The van der Waals surface area contributed by atoms with Crippen LogP contribution in [0.2, 0.25) is 0 Å². The maximum Gasteiger partial charge on any atom is 0.490 e. The summed E-state index contributed by atoms with van der Waals surface area (Å²) in [7, 11) is 0. The molecule has 2 heterocycles. The van der Waals surface area contributed by atoms with Crippen LogP contribution in [0.5, 0.6) is 0 Å². The van der Waals surface area contributed by atoms with Crippen molar-refractivity contribution >= 4 is 52.0 Å². The molecule has 1 fully saturated rings. The number of nitrogens with two attached hydrogens (primary N) is 1. The second-order valence-electron chi connectivity index (χ2n) is 6.56. The number of benzene rings is 1. The summed E-state index contributed by atoms with van der Waals surface area (Å²) in [6.45, 7) is 0.423. The fourth-order valence-corrected chi connectivity index (χ4v) is 3.15. The van der Waals surface area contributed by atoms with Crippen LogP contribution < -0.4 is 10.2 Å². The fraction of sp³-hybridized carbons (Fsp3) is 0.278. The zero-order valence-corrected chi connectivity index (χ0v) is 16.9. The van der Waals surface area contributed by atoms with Crippen LogP contribution in [0.3, 0.4) is 0 Å². The molecule has 3 rings (SSSR count). The first-order valence-electron chi connectivity index (χ1n) is 8.86. The molecule has 1 aliphatic rings. The number of rotatable bonds is 3. The number of carbonyl (C=O) groups is 3. The van der Waals surface area contributed by atoms with E-state index in [0.29, 0.717) is 41.4 Å². The molecule has 32 heavy (non-hydrogen) atoms. The van der Waals surface area contributed by atoms with E-state index >= 15 is 0 Å². The number of likely N-dealkylation sites (tertiary alicyclic amines) is 1. The van der Waals surface area contributed by atoms with Crippen LogP contribution in [0.25, 0.3) is 10.8 Å². The Morgan fingerprint density at radius 3 is 2.41 bits per heavy atom. The third-order valence-corrected chi connectivity index (χ3v) is 4.81. The molecule has 0 spiro atoms. The summed E-state index contributed by atoms with van der Waals surface area (Å²) in [6.07, 6.45) is -0.916. The van der Waals surface area contributed by atoms with Gasteiger partial charge in [0.15, 0.2) is 0 Å². The van der Waals surface area contributed by atoms with Crippen molar-refractivity contribution in [3.05, 3.63) is 36.2 Å². The molecule has 0 radical (unpaired) electrons. The standard InChI is InChI=1S/C16H16ClN5O3.C2HF3O2/c17-22(16(18)19)13-8-20-7-10-6-9(3-4-11(10)13)14(23)21-5-1-2-12(21)15(24)25;3-2(4,5)1(6)7/h3-4,6-8,12H,1-2,5H2,(H3,18,19)(H,24,25);(H,6,7)/t12-;/m0./s1. The monoisotopic (exact) mass is 475 g/mol. The summed E-state index contributed by atoms with van der Waals surface area (Å²) in [6, 6.07) is 4.14. The van der Waals surface area contributed by atoms with Gasteiger partial charge < -0.3 is 20.8 Å². The molecule has 1 aromatic heterocycles. The maximum atomic E-state index is 12.7. The van der Waals surface area contributed by atoms with Crippen molar-refractivity contribution in [1.29, 1.82) is 5.41 Å². The van der Waals surface area contributed by atoms with Crippen LogP contribution in [-0.4, -0.2) is 62.7 Å². The summed E-state index contributed by atoms with van der Waals surface area (Å²) in [5.74, 6) is -4.42. The molecule has 2 aromatic rings. The van der Waals surface area contributed by atoms with Gasteiger partial charge in [-0.3, -0.25) is 15.2 Å². The molecule has 0 saturated carbocycles. The molecule has 1 atom stereocenters. The Balaban J connectivity index is 0.000000451. The Morgan fingerprint density at radius 1 is 1.25 bits per heavy atom. The van der Waals surface area contributed by atoms with Crippen molar-refractivity contribution in [3.8, 4) is 0 Å². The first-order valence-corrected chi connectivity index (χ1v) is 9.20. The summed E-state index contributed by atoms with van der Waals surface area (Å²) in [5, 5.41) is 25.1. The molecule has 0 unspecified atom stereocenters. The smallest absolute Gasteiger partial charge is 0.480 e. The van der Waals surface area contributed by atoms with E-state index in [4.69, 9.17) is 32.8 Å². The highest BCUT2D eigenvalue weighted by atomic mass is 35.5. The second-order valence-corrected chi connectivity index (χ2v) is 6.90. The number of anilines is 1. The Hall–Kier alpha value is -3.61. The van der Waals surface area contributed by atoms with Gasteiger partial charge in [-0.05, 0) is 25.0 Å². The van der Waals surface area contributed by atoms with Crippen LogP contribution in [0, 0.1) is 5.41 Å². The van der Waals surface area contributed by atoms with E-state index in [9.17, 15) is 27.9 Å². The number of carbonyl (C=O) groups excluding carboxylic acids is 1. The maximum absolute atomic E-state index is 12.7. The molecule has 1 aromatic carbocycles. The number of nitrogens with zero attached hydrogens (tertiary/aromatic N) is 3. The van der Waals surface area contributed by atoms with Gasteiger partial charge in [0.2, 0.25) is 5.96 Å². The van der Waals surface area contributed by atoms with E-state index < -0.39 is 24.2 Å². The number of alkyl halides is 3. The molecule has 5 N–H and O–H groups in total. The molecule has 1 saturated heterocycles. The number of fused-ring (bicyclic) bond motifs is 1. The predicted octanol–water partition coefficient (Wildman–Crippen LogP) is 2.41. The number of amides is 1. The van der Waals surface area contributed by atoms with Crippen molar-refractivity contribution in [2.24, 2.45) is 5.73 Å². The Bertz CT molecular complexity index is 1060. The lowest BCUT2D eigenvalue weighted by molar-refractivity contribution is -0.192. The number of hydrogen-bond acceptors (Lipinski definition) is 5. The Morgan fingerprint density at radius 2 is 1.88 bits per heavy atom. The highest BCUT2D eigenvalue weighted by Gasteiger charge is 2.38. The SMILES string of the molecule is N=C(N)N(Cl)c1cncc2cc(C(=O)N3CCC[C@H]3C(=O)O)ccc12.O=C(O)C(F)(F)F. The molecule has 14 heteroatoms. The molecule has 10 nitrogen and oxygen atoms in total. The normalized spacial score (nSPS) is 15.6. The highest BCUT2D eigenvalue weighted by molar-refractivity contribution is 6.38. The van der Waals surface area contributed by atoms with Crippen molar-refractivity contribution in [3.63, 3.8) is 0 Å². The molecule has 1 amide bonds. The number of carboxylic acids is 2. The number of halogens is 4. The lowest BCUT2D eigenvalue weighted by Crippen LogP contribution is -2.40. The van der Waals surface area contributed by atoms with E-state index in [1.807, 2.05) is 0 Å². The van der Waals surface area contributed by atoms with Gasteiger partial charge in [0, 0.05) is 40.9 Å². The van der Waals surface area contributed by atoms with Crippen LogP contribution in [-0.2, 0) is 9.59 Å². The lowest BCUT2D eigenvalue weighted by atomic mass is 10.1. The van der Waals surface area contributed by atoms with Gasteiger partial charge in [0.05, 0.1) is 11.9 Å². The van der Waals surface area contributed by atoms with E-state index in [2.05, 4.69) is 4.98 Å². The number of pyridine rings is 1. The minimum absolute atomic E-state index is 0.327. The minimum Gasteiger partial charge on any atom is -0.480 e. The number of aromatic nitrogens is 1. The first-order chi connectivity index (χ1) is 14.8. The van der Waals surface area contributed by atoms with Gasteiger partial charge in [0.25, 0.3) is 5.91 Å².